The van der Waals surface area contributed by atoms with Crippen molar-refractivity contribution in [1.82, 2.24) is 15.1 Å². The second-order valence-electron chi connectivity index (χ2n) is 6.14. The van der Waals surface area contributed by atoms with Gasteiger partial charge in [-0.15, -0.1) is 0 Å². The number of aliphatic hydroxyl groups is 1. The molecule has 0 radical (unpaired) electrons. The van der Waals surface area contributed by atoms with E-state index < -0.39 is 29.7 Å². The Morgan fingerprint density at radius 3 is 2.07 bits per heavy atom. The number of halogens is 3. The maximum atomic E-state index is 12.5. The third-order valence-corrected chi connectivity index (χ3v) is 4.29. The minimum Gasteiger partial charge on any atom is -0.387 e. The molecule has 1 aliphatic rings. The zero-order chi connectivity index (χ0) is 20.2. The first kappa shape index (κ1) is 20.7. The smallest absolute Gasteiger partial charge is 0.387 e. The van der Waals surface area contributed by atoms with E-state index in [1.807, 2.05) is 0 Å². The van der Waals surface area contributed by atoms with Crippen molar-refractivity contribution in [3.05, 3.63) is 35.4 Å². The molecule has 2 N–H and O–H groups in total. The summed E-state index contributed by atoms with van der Waals surface area (Å²) in [5.74, 6) is -1.80. The van der Waals surface area contributed by atoms with E-state index >= 15 is 0 Å². The second-order valence-corrected chi connectivity index (χ2v) is 6.14. The van der Waals surface area contributed by atoms with Gasteiger partial charge in [0, 0.05) is 39.6 Å². The number of nitrogens with one attached hydrogen (secondary N) is 1. The zero-order valence-corrected chi connectivity index (χ0v) is 14.6. The number of benzene rings is 1. The summed E-state index contributed by atoms with van der Waals surface area (Å²) in [7, 11) is 0. The number of hydrogen-bond acceptors (Lipinski definition) is 4. The Kier molecular flexibility index (Phi) is 6.42. The van der Waals surface area contributed by atoms with Gasteiger partial charge in [-0.05, 0) is 17.7 Å². The van der Waals surface area contributed by atoms with E-state index in [1.54, 1.807) is 4.90 Å². The number of hydrogen-bond donors (Lipinski definition) is 2. The van der Waals surface area contributed by atoms with Crippen LogP contribution in [0.4, 0.5) is 13.2 Å². The minimum absolute atomic E-state index is 0.105. The van der Waals surface area contributed by atoms with Crippen molar-refractivity contribution >= 4 is 17.7 Å². The highest BCUT2D eigenvalue weighted by Gasteiger charge is 2.30. The summed E-state index contributed by atoms with van der Waals surface area (Å²) in [6, 6.07) is 3.89. The summed E-state index contributed by atoms with van der Waals surface area (Å²) in [6.07, 6.45) is -5.73. The van der Waals surface area contributed by atoms with E-state index in [2.05, 4.69) is 5.32 Å². The van der Waals surface area contributed by atoms with Crippen LogP contribution in [0.3, 0.4) is 0 Å². The second kappa shape index (κ2) is 8.38. The monoisotopic (exact) mass is 387 g/mol. The lowest BCUT2D eigenvalue weighted by Crippen LogP contribution is -2.53. The van der Waals surface area contributed by atoms with Gasteiger partial charge in [-0.25, -0.2) is 0 Å². The molecule has 148 valence electrons. The number of carbonyl (C=O) groups excluding carboxylic acids is 3. The zero-order valence-electron chi connectivity index (χ0n) is 14.6. The largest absolute Gasteiger partial charge is 0.416 e. The van der Waals surface area contributed by atoms with Crippen LogP contribution in [-0.4, -0.2) is 65.4 Å². The summed E-state index contributed by atoms with van der Waals surface area (Å²) in [4.78, 5) is 38.1. The first-order valence-corrected chi connectivity index (χ1v) is 8.27. The third kappa shape index (κ3) is 5.43. The molecule has 1 aromatic carbocycles. The highest BCUT2D eigenvalue weighted by molar-refractivity contribution is 6.35. The summed E-state index contributed by atoms with van der Waals surface area (Å²) in [6.45, 7) is 2.24. The Morgan fingerprint density at radius 2 is 1.59 bits per heavy atom. The third-order valence-electron chi connectivity index (χ3n) is 4.29. The van der Waals surface area contributed by atoms with Crippen LogP contribution in [0.5, 0.6) is 0 Å². The van der Waals surface area contributed by atoms with Crippen LogP contribution in [0.25, 0.3) is 0 Å². The van der Waals surface area contributed by atoms with Crippen LogP contribution in [0.15, 0.2) is 24.3 Å². The number of nitrogens with zero attached hydrogens (tertiary/aromatic N) is 2. The van der Waals surface area contributed by atoms with Crippen molar-refractivity contribution in [2.75, 3.05) is 32.7 Å². The van der Waals surface area contributed by atoms with E-state index in [4.69, 9.17) is 0 Å². The topological polar surface area (TPSA) is 90.0 Å². The van der Waals surface area contributed by atoms with Gasteiger partial charge in [0.1, 0.15) is 0 Å². The first-order valence-electron chi connectivity index (χ1n) is 8.27. The molecular weight excluding hydrogens is 367 g/mol. The van der Waals surface area contributed by atoms with Crippen molar-refractivity contribution in [3.63, 3.8) is 0 Å². The van der Waals surface area contributed by atoms with E-state index in [0.717, 1.165) is 24.3 Å². The number of aliphatic hydroxyl groups excluding tert-OH is 1. The van der Waals surface area contributed by atoms with E-state index in [9.17, 15) is 32.7 Å². The summed E-state index contributed by atoms with van der Waals surface area (Å²) < 4.78 is 37.6. The molecule has 2 rings (SSSR count). The van der Waals surface area contributed by atoms with Gasteiger partial charge < -0.3 is 20.2 Å². The first-order chi connectivity index (χ1) is 12.6. The number of carbonyl (C=O) groups is 3. The van der Waals surface area contributed by atoms with Crippen LogP contribution in [0.1, 0.15) is 24.2 Å². The fourth-order valence-corrected chi connectivity index (χ4v) is 2.65. The van der Waals surface area contributed by atoms with Gasteiger partial charge in [0.15, 0.2) is 0 Å². The Hall–Kier alpha value is -2.62. The summed E-state index contributed by atoms with van der Waals surface area (Å²) >= 11 is 0. The van der Waals surface area contributed by atoms with Gasteiger partial charge in [0.2, 0.25) is 5.91 Å². The fourth-order valence-electron chi connectivity index (χ4n) is 2.65. The molecule has 0 spiro atoms. The average molecular weight is 387 g/mol. The molecule has 0 saturated carbocycles. The van der Waals surface area contributed by atoms with Crippen LogP contribution < -0.4 is 5.32 Å². The van der Waals surface area contributed by atoms with Crippen LogP contribution in [-0.2, 0) is 20.6 Å². The minimum atomic E-state index is -4.48. The van der Waals surface area contributed by atoms with Crippen LogP contribution in [0.2, 0.25) is 0 Å². The Labute approximate surface area is 153 Å². The quantitative estimate of drug-likeness (QED) is 0.741. The molecule has 3 amide bonds. The highest BCUT2D eigenvalue weighted by Crippen LogP contribution is 2.29. The molecule has 0 bridgehead atoms. The lowest BCUT2D eigenvalue weighted by Gasteiger charge is -2.33. The predicted molar refractivity (Wildman–Crippen MR) is 88.2 cm³/mol. The van der Waals surface area contributed by atoms with Gasteiger partial charge in [0.05, 0.1) is 11.7 Å². The van der Waals surface area contributed by atoms with Crippen molar-refractivity contribution in [2.45, 2.75) is 19.2 Å². The van der Waals surface area contributed by atoms with Crippen molar-refractivity contribution < 1.29 is 32.7 Å². The van der Waals surface area contributed by atoms with E-state index in [1.165, 1.54) is 11.8 Å². The molecule has 27 heavy (non-hydrogen) atoms. The Bertz CT molecular complexity index is 698. The Balaban J connectivity index is 1.84. The van der Waals surface area contributed by atoms with E-state index in [0.29, 0.717) is 13.1 Å². The molecule has 7 nitrogen and oxygen atoms in total. The highest BCUT2D eigenvalue weighted by atomic mass is 19.4. The maximum Gasteiger partial charge on any atom is 0.416 e. The maximum absolute atomic E-state index is 12.5. The molecule has 1 fully saturated rings. The molecular formula is C17H20F3N3O4. The van der Waals surface area contributed by atoms with Gasteiger partial charge in [0.25, 0.3) is 0 Å². The molecule has 1 saturated heterocycles. The molecule has 1 aromatic rings. The lowest BCUT2D eigenvalue weighted by molar-refractivity contribution is -0.148. The molecule has 0 unspecified atom stereocenters. The molecule has 1 atom stereocenters. The summed E-state index contributed by atoms with van der Waals surface area (Å²) in [5, 5.41) is 12.3. The predicted octanol–water partition coefficient (Wildman–Crippen LogP) is 0.546. The molecule has 10 heteroatoms. The average Bonchev–Trinajstić information content (AvgIpc) is 2.64. The van der Waals surface area contributed by atoms with Gasteiger partial charge >= 0.3 is 18.0 Å². The SMILES string of the molecule is CC(=O)N1CCN(C(=O)C(=O)NC[C@@H](O)c2ccc(C(F)(F)F)cc2)CC1. The molecule has 0 aromatic heterocycles. The van der Waals surface area contributed by atoms with Gasteiger partial charge in [-0.3, -0.25) is 14.4 Å². The standard InChI is InChI=1S/C17H20F3N3O4/c1-11(24)22-6-8-23(9-7-22)16(27)15(26)21-10-14(25)12-2-4-13(5-3-12)17(18,19)20/h2-5,14,25H,6-10H2,1H3,(H,21,26)/t14-/m1/s1. The van der Waals surface area contributed by atoms with Crippen molar-refractivity contribution in [1.29, 1.82) is 0 Å². The van der Waals surface area contributed by atoms with Gasteiger partial charge in [-0.2, -0.15) is 13.2 Å². The Morgan fingerprint density at radius 1 is 1.07 bits per heavy atom. The number of piperazine rings is 1. The van der Waals surface area contributed by atoms with E-state index in [-0.39, 0.29) is 31.1 Å². The molecule has 1 heterocycles. The number of alkyl halides is 3. The van der Waals surface area contributed by atoms with Crippen molar-refractivity contribution in [2.24, 2.45) is 0 Å². The lowest BCUT2D eigenvalue weighted by atomic mass is 10.1. The normalized spacial score (nSPS) is 16.0. The molecule has 0 aliphatic carbocycles. The summed E-state index contributed by atoms with van der Waals surface area (Å²) in [5.41, 5.74) is -0.659. The van der Waals surface area contributed by atoms with Crippen LogP contribution in [0, 0.1) is 0 Å². The fraction of sp³-hybridized carbons (Fsp3) is 0.471. The number of rotatable bonds is 3. The van der Waals surface area contributed by atoms with Crippen LogP contribution >= 0.6 is 0 Å². The van der Waals surface area contributed by atoms with Crippen molar-refractivity contribution in [3.8, 4) is 0 Å². The number of amides is 3. The van der Waals surface area contributed by atoms with Gasteiger partial charge in [-0.1, -0.05) is 12.1 Å². The molecule has 1 aliphatic heterocycles.